The van der Waals surface area contributed by atoms with Gasteiger partial charge < -0.3 is 10.6 Å². The summed E-state index contributed by atoms with van der Waals surface area (Å²) in [5.41, 5.74) is 6.58. The lowest BCUT2D eigenvalue weighted by atomic mass is 10.0. The first-order valence-electron chi connectivity index (χ1n) is 8.71. The number of aryl methyl sites for hydroxylation is 1. The number of piperidine rings is 1. The van der Waals surface area contributed by atoms with Crippen LogP contribution < -0.4 is 10.5 Å². The molecule has 9 heteroatoms. The van der Waals surface area contributed by atoms with Crippen LogP contribution in [0.25, 0.3) is 0 Å². The third kappa shape index (κ3) is 4.81. The third-order valence-electron chi connectivity index (χ3n) is 4.67. The van der Waals surface area contributed by atoms with E-state index in [0.29, 0.717) is 25.9 Å². The largest absolute Gasteiger partial charge is 0.338 e. The number of hydrogen-bond acceptors (Lipinski definition) is 4. The van der Waals surface area contributed by atoms with Gasteiger partial charge in [-0.25, -0.2) is 12.8 Å². The summed E-state index contributed by atoms with van der Waals surface area (Å²) in [4.78, 5) is 14.5. The van der Waals surface area contributed by atoms with Crippen molar-refractivity contribution in [2.45, 2.75) is 30.7 Å². The maximum atomic E-state index is 13.4. The van der Waals surface area contributed by atoms with Gasteiger partial charge in [0.05, 0.1) is 16.1 Å². The highest BCUT2D eigenvalue weighted by Gasteiger charge is 2.25. The summed E-state index contributed by atoms with van der Waals surface area (Å²) in [6.45, 7) is 2.57. The molecule has 0 bridgehead atoms. The highest BCUT2D eigenvalue weighted by Crippen LogP contribution is 2.24. The molecule has 6 nitrogen and oxygen atoms in total. The molecule has 1 saturated heterocycles. The van der Waals surface area contributed by atoms with Crippen LogP contribution >= 0.6 is 12.4 Å². The second kappa shape index (κ2) is 8.89. The first-order valence-corrected chi connectivity index (χ1v) is 10.2. The van der Waals surface area contributed by atoms with Crippen molar-refractivity contribution < 1.29 is 17.6 Å². The molecule has 0 aliphatic carbocycles. The van der Waals surface area contributed by atoms with E-state index in [-0.39, 0.29) is 46.1 Å². The Morgan fingerprint density at radius 1 is 1.18 bits per heavy atom. The van der Waals surface area contributed by atoms with E-state index in [1.807, 2.05) is 0 Å². The quantitative estimate of drug-likeness (QED) is 0.784. The number of halogens is 2. The van der Waals surface area contributed by atoms with Gasteiger partial charge in [-0.1, -0.05) is 12.1 Å². The van der Waals surface area contributed by atoms with Gasteiger partial charge in [-0.05, 0) is 55.7 Å². The summed E-state index contributed by atoms with van der Waals surface area (Å²) in [6.07, 6.45) is 1.43. The smallest absolute Gasteiger partial charge is 0.261 e. The fraction of sp³-hybridized carbons (Fsp3) is 0.316. The van der Waals surface area contributed by atoms with Crippen LogP contribution in [0.3, 0.4) is 0 Å². The molecular formula is C19H23ClFN3O3S. The molecule has 2 aromatic rings. The molecule has 2 aromatic carbocycles. The fourth-order valence-corrected chi connectivity index (χ4v) is 4.18. The van der Waals surface area contributed by atoms with Gasteiger partial charge in [-0.15, -0.1) is 12.4 Å². The Morgan fingerprint density at radius 2 is 1.82 bits per heavy atom. The van der Waals surface area contributed by atoms with Gasteiger partial charge in [-0.3, -0.25) is 9.52 Å². The maximum Gasteiger partial charge on any atom is 0.261 e. The number of nitrogens with two attached hydrogens (primary N) is 1. The highest BCUT2D eigenvalue weighted by molar-refractivity contribution is 7.92. The van der Waals surface area contributed by atoms with Crippen molar-refractivity contribution in [1.29, 1.82) is 0 Å². The molecule has 1 aliphatic rings. The number of nitrogens with zero attached hydrogens (tertiary/aromatic N) is 1. The second-order valence-electron chi connectivity index (χ2n) is 6.69. The van der Waals surface area contributed by atoms with E-state index in [2.05, 4.69) is 4.72 Å². The minimum atomic E-state index is -3.96. The van der Waals surface area contributed by atoms with E-state index in [9.17, 15) is 17.6 Å². The molecular weight excluding hydrogens is 405 g/mol. The van der Waals surface area contributed by atoms with Crippen LogP contribution in [0, 0.1) is 12.7 Å². The number of likely N-dealkylation sites (tertiary alicyclic amines) is 1. The van der Waals surface area contributed by atoms with Crippen molar-refractivity contribution in [3.8, 4) is 0 Å². The Kier molecular flexibility index (Phi) is 7.03. The molecule has 1 heterocycles. The van der Waals surface area contributed by atoms with E-state index in [1.54, 1.807) is 23.1 Å². The predicted octanol–water partition coefficient (Wildman–Crippen LogP) is 2.92. The van der Waals surface area contributed by atoms with E-state index in [1.165, 1.54) is 25.1 Å². The molecule has 3 rings (SSSR count). The summed E-state index contributed by atoms with van der Waals surface area (Å²) in [5, 5.41) is 0. The number of carbonyl (C=O) groups excluding carboxylic acids is 1. The fourth-order valence-electron chi connectivity index (χ4n) is 3.02. The number of anilines is 1. The Balaban J connectivity index is 0.00000280. The van der Waals surface area contributed by atoms with Crippen molar-refractivity contribution in [1.82, 2.24) is 4.90 Å². The second-order valence-corrected chi connectivity index (χ2v) is 8.37. The summed E-state index contributed by atoms with van der Waals surface area (Å²) < 4.78 is 41.3. The van der Waals surface area contributed by atoms with E-state index in [4.69, 9.17) is 5.73 Å². The van der Waals surface area contributed by atoms with Crippen LogP contribution in [0.15, 0.2) is 47.4 Å². The van der Waals surface area contributed by atoms with Gasteiger partial charge >= 0.3 is 0 Å². The monoisotopic (exact) mass is 427 g/mol. The zero-order valence-corrected chi connectivity index (χ0v) is 17.0. The number of nitrogens with one attached hydrogen (secondary N) is 1. The average molecular weight is 428 g/mol. The van der Waals surface area contributed by atoms with Crippen LogP contribution in [0.5, 0.6) is 0 Å². The van der Waals surface area contributed by atoms with Gasteiger partial charge in [0.1, 0.15) is 5.82 Å². The molecule has 0 spiro atoms. The number of rotatable bonds is 4. The summed E-state index contributed by atoms with van der Waals surface area (Å²) in [5.74, 6) is -0.719. The number of benzene rings is 2. The molecule has 0 saturated carbocycles. The lowest BCUT2D eigenvalue weighted by Gasteiger charge is -2.30. The molecule has 28 heavy (non-hydrogen) atoms. The number of hydrogen-bond donors (Lipinski definition) is 2. The highest BCUT2D eigenvalue weighted by atomic mass is 35.5. The zero-order chi connectivity index (χ0) is 19.6. The van der Waals surface area contributed by atoms with Crippen LogP contribution in [-0.4, -0.2) is 38.4 Å². The lowest BCUT2D eigenvalue weighted by Crippen LogP contribution is -2.43. The van der Waals surface area contributed by atoms with Crippen LogP contribution in [0.4, 0.5) is 10.1 Å². The molecule has 0 atom stereocenters. The maximum absolute atomic E-state index is 13.4. The third-order valence-corrected chi connectivity index (χ3v) is 6.03. The normalized spacial score (nSPS) is 15.0. The van der Waals surface area contributed by atoms with Crippen LogP contribution in [-0.2, 0) is 10.0 Å². The summed E-state index contributed by atoms with van der Waals surface area (Å²) in [7, 11) is -3.96. The minimum absolute atomic E-state index is 0. The van der Waals surface area contributed by atoms with Crippen LogP contribution in [0.1, 0.15) is 28.8 Å². The Labute approximate surface area is 170 Å². The predicted molar refractivity (Wildman–Crippen MR) is 109 cm³/mol. The molecule has 1 amide bonds. The number of para-hydroxylation sites is 1. The van der Waals surface area contributed by atoms with E-state index < -0.39 is 15.8 Å². The molecule has 1 fully saturated rings. The van der Waals surface area contributed by atoms with Crippen molar-refractivity contribution in [3.63, 3.8) is 0 Å². The Hall–Kier alpha value is -2.16. The first-order chi connectivity index (χ1) is 12.8. The van der Waals surface area contributed by atoms with Crippen molar-refractivity contribution >= 4 is 34.0 Å². The summed E-state index contributed by atoms with van der Waals surface area (Å²) >= 11 is 0. The van der Waals surface area contributed by atoms with Crippen molar-refractivity contribution in [2.24, 2.45) is 5.73 Å². The molecule has 3 N–H and O–H groups in total. The average Bonchev–Trinajstić information content (AvgIpc) is 2.64. The Morgan fingerprint density at radius 3 is 2.46 bits per heavy atom. The SMILES string of the molecule is Cc1cc(S(=O)(=O)Nc2ccccc2C(=O)N2CCC(N)CC2)ccc1F.Cl. The standard InChI is InChI=1S/C19H22FN3O3S.ClH/c1-13-12-15(6-7-17(13)20)27(25,26)22-18-5-3-2-4-16(18)19(24)23-10-8-14(21)9-11-23;/h2-7,12,14,22H,8-11,21H2,1H3;1H. The van der Waals surface area contributed by atoms with Gasteiger partial charge in [0.15, 0.2) is 0 Å². The van der Waals surface area contributed by atoms with Gasteiger partial charge in [0.2, 0.25) is 0 Å². The van der Waals surface area contributed by atoms with E-state index >= 15 is 0 Å². The van der Waals surface area contributed by atoms with Crippen molar-refractivity contribution in [3.05, 3.63) is 59.4 Å². The zero-order valence-electron chi connectivity index (χ0n) is 15.4. The molecule has 0 unspecified atom stereocenters. The van der Waals surface area contributed by atoms with Gasteiger partial charge in [0.25, 0.3) is 15.9 Å². The number of amides is 1. The molecule has 0 radical (unpaired) electrons. The summed E-state index contributed by atoms with van der Waals surface area (Å²) in [6, 6.07) is 10.1. The number of carbonyl (C=O) groups is 1. The topological polar surface area (TPSA) is 92.5 Å². The lowest BCUT2D eigenvalue weighted by molar-refractivity contribution is 0.0716. The van der Waals surface area contributed by atoms with E-state index in [0.717, 1.165) is 6.07 Å². The van der Waals surface area contributed by atoms with Gasteiger partial charge in [0, 0.05) is 19.1 Å². The van der Waals surface area contributed by atoms with Crippen molar-refractivity contribution in [2.75, 3.05) is 17.8 Å². The number of sulfonamides is 1. The first kappa shape index (κ1) is 22.1. The molecule has 152 valence electrons. The molecule has 1 aliphatic heterocycles. The molecule has 0 aromatic heterocycles. The minimum Gasteiger partial charge on any atom is -0.338 e. The Bertz CT molecular complexity index is 961. The van der Waals surface area contributed by atoms with Gasteiger partial charge in [-0.2, -0.15) is 0 Å². The van der Waals surface area contributed by atoms with Crippen LogP contribution in [0.2, 0.25) is 0 Å².